The Morgan fingerprint density at radius 1 is 1.42 bits per heavy atom. The van der Waals surface area contributed by atoms with Gasteiger partial charge in [0, 0.05) is 19.0 Å². The number of hydrogen-bond acceptors (Lipinski definition) is 3. The minimum absolute atomic E-state index is 0.0895. The van der Waals surface area contributed by atoms with Gasteiger partial charge in [-0.1, -0.05) is 23.7 Å². The molecule has 1 aromatic heterocycles. The third-order valence-electron chi connectivity index (χ3n) is 2.93. The van der Waals surface area contributed by atoms with Crippen LogP contribution in [-0.4, -0.2) is 36.5 Å². The molecule has 0 amide bonds. The number of ether oxygens (including phenoxy) is 2. The summed E-state index contributed by atoms with van der Waals surface area (Å²) in [6, 6.07) is 5.23. The van der Waals surface area contributed by atoms with E-state index in [1.807, 2.05) is 0 Å². The predicted molar refractivity (Wildman–Crippen MR) is 72.3 cm³/mol. The second kappa shape index (κ2) is 5.50. The molecule has 2 aromatic rings. The molecule has 0 saturated heterocycles. The zero-order valence-corrected chi connectivity index (χ0v) is 11.4. The third-order valence-corrected chi connectivity index (χ3v) is 3.33. The van der Waals surface area contributed by atoms with E-state index in [0.717, 1.165) is 0 Å². The fourth-order valence-electron chi connectivity index (χ4n) is 2.11. The lowest BCUT2D eigenvalue weighted by Gasteiger charge is -2.09. The van der Waals surface area contributed by atoms with Gasteiger partial charge in [-0.25, -0.2) is 4.79 Å². The first-order chi connectivity index (χ1) is 9.11. The summed E-state index contributed by atoms with van der Waals surface area (Å²) >= 11 is 6.18. The molecule has 0 aliphatic rings. The number of aromatic nitrogens is 1. The molecule has 0 unspecified atom stereocenters. The molecule has 5 nitrogen and oxygen atoms in total. The first-order valence-electron chi connectivity index (χ1n) is 5.68. The van der Waals surface area contributed by atoms with Crippen molar-refractivity contribution >= 4 is 28.5 Å². The normalized spacial score (nSPS) is 10.9. The van der Waals surface area contributed by atoms with E-state index in [4.69, 9.17) is 21.1 Å². The first-order valence-corrected chi connectivity index (χ1v) is 6.06. The van der Waals surface area contributed by atoms with Crippen LogP contribution in [0.25, 0.3) is 10.9 Å². The number of aromatic carboxylic acids is 1. The van der Waals surface area contributed by atoms with Crippen molar-refractivity contribution in [3.63, 3.8) is 0 Å². The molecule has 19 heavy (non-hydrogen) atoms. The largest absolute Gasteiger partial charge is 0.495 e. The van der Waals surface area contributed by atoms with Crippen LogP contribution in [-0.2, 0) is 11.3 Å². The summed E-state index contributed by atoms with van der Waals surface area (Å²) in [5.41, 5.74) is 0.760. The molecule has 0 spiro atoms. The van der Waals surface area contributed by atoms with E-state index in [-0.39, 0.29) is 10.7 Å². The van der Waals surface area contributed by atoms with Gasteiger partial charge in [0.15, 0.2) is 0 Å². The van der Waals surface area contributed by atoms with Crippen LogP contribution in [0.15, 0.2) is 18.2 Å². The van der Waals surface area contributed by atoms with Crippen molar-refractivity contribution in [3.8, 4) is 5.75 Å². The molecule has 102 valence electrons. The number of carboxylic acid groups (broad SMARTS) is 1. The monoisotopic (exact) mass is 283 g/mol. The topological polar surface area (TPSA) is 60.7 Å². The standard InChI is InChI=1S/C13H14ClNO4/c1-18-7-6-15-11-8(4-3-5-9(11)19-2)10(12(15)14)13(16)17/h3-5H,6-7H2,1-2H3,(H,16,17). The van der Waals surface area contributed by atoms with Crippen molar-refractivity contribution in [1.29, 1.82) is 0 Å². The number of fused-ring (bicyclic) bond motifs is 1. The van der Waals surface area contributed by atoms with Gasteiger partial charge >= 0.3 is 5.97 Å². The highest BCUT2D eigenvalue weighted by Crippen LogP contribution is 2.35. The van der Waals surface area contributed by atoms with E-state index in [2.05, 4.69) is 0 Å². The summed E-state index contributed by atoms with van der Waals surface area (Å²) in [5.74, 6) is -0.470. The molecule has 0 saturated carbocycles. The van der Waals surface area contributed by atoms with Crippen LogP contribution >= 0.6 is 11.6 Å². The van der Waals surface area contributed by atoms with Crippen molar-refractivity contribution in [2.75, 3.05) is 20.8 Å². The molecule has 1 N–H and O–H groups in total. The minimum Gasteiger partial charge on any atom is -0.495 e. The summed E-state index contributed by atoms with van der Waals surface area (Å²) in [5, 5.41) is 10.0. The average Bonchev–Trinajstić information content (AvgIpc) is 2.68. The van der Waals surface area contributed by atoms with E-state index in [1.54, 1.807) is 29.9 Å². The fraction of sp³-hybridized carbons (Fsp3) is 0.308. The highest BCUT2D eigenvalue weighted by Gasteiger charge is 2.22. The molecule has 0 aliphatic heterocycles. The zero-order chi connectivity index (χ0) is 14.0. The number of carboxylic acids is 1. The van der Waals surface area contributed by atoms with E-state index in [1.165, 1.54) is 7.11 Å². The highest BCUT2D eigenvalue weighted by atomic mass is 35.5. The van der Waals surface area contributed by atoms with Gasteiger partial charge in [0.1, 0.15) is 16.5 Å². The van der Waals surface area contributed by atoms with Crippen LogP contribution in [0.5, 0.6) is 5.75 Å². The Bertz CT molecular complexity index is 621. The fourth-order valence-corrected chi connectivity index (χ4v) is 2.46. The van der Waals surface area contributed by atoms with Gasteiger partial charge in [0.05, 0.1) is 19.2 Å². The number of para-hydroxylation sites is 1. The molecule has 0 bridgehead atoms. The highest BCUT2D eigenvalue weighted by molar-refractivity contribution is 6.35. The van der Waals surface area contributed by atoms with Gasteiger partial charge in [-0.15, -0.1) is 0 Å². The lowest BCUT2D eigenvalue weighted by atomic mass is 10.1. The van der Waals surface area contributed by atoms with Crippen LogP contribution < -0.4 is 4.74 Å². The van der Waals surface area contributed by atoms with E-state index in [0.29, 0.717) is 29.8 Å². The number of methoxy groups -OCH3 is 2. The molecule has 0 radical (unpaired) electrons. The lowest BCUT2D eigenvalue weighted by Crippen LogP contribution is -2.05. The van der Waals surface area contributed by atoms with E-state index < -0.39 is 5.97 Å². The van der Waals surface area contributed by atoms with Crippen LogP contribution in [0.4, 0.5) is 0 Å². The molecule has 0 atom stereocenters. The van der Waals surface area contributed by atoms with Gasteiger partial charge in [-0.05, 0) is 6.07 Å². The van der Waals surface area contributed by atoms with E-state index in [9.17, 15) is 9.90 Å². The molecule has 6 heteroatoms. The summed E-state index contributed by atoms with van der Waals surface area (Å²) in [6.45, 7) is 0.889. The molecule has 1 aromatic carbocycles. The van der Waals surface area contributed by atoms with Crippen molar-refractivity contribution < 1.29 is 19.4 Å². The quantitative estimate of drug-likeness (QED) is 0.916. The minimum atomic E-state index is -1.06. The molecular weight excluding hydrogens is 270 g/mol. The van der Waals surface area contributed by atoms with Crippen molar-refractivity contribution in [2.24, 2.45) is 0 Å². The summed E-state index contributed by atoms with van der Waals surface area (Å²) in [4.78, 5) is 11.4. The van der Waals surface area contributed by atoms with Crippen molar-refractivity contribution in [1.82, 2.24) is 4.57 Å². The van der Waals surface area contributed by atoms with Gasteiger partial charge < -0.3 is 19.1 Å². The molecule has 0 fully saturated rings. The lowest BCUT2D eigenvalue weighted by molar-refractivity contribution is 0.0699. The Morgan fingerprint density at radius 3 is 2.74 bits per heavy atom. The second-order valence-electron chi connectivity index (χ2n) is 3.97. The maximum absolute atomic E-state index is 11.4. The Labute approximate surface area is 115 Å². The molecule has 0 aliphatic carbocycles. The SMILES string of the molecule is COCCn1c(Cl)c(C(=O)O)c2cccc(OC)c21. The Morgan fingerprint density at radius 2 is 2.16 bits per heavy atom. The van der Waals surface area contributed by atoms with Crippen molar-refractivity contribution in [2.45, 2.75) is 6.54 Å². The summed E-state index contributed by atoms with van der Waals surface area (Å²) in [7, 11) is 3.12. The van der Waals surface area contributed by atoms with E-state index >= 15 is 0 Å². The second-order valence-corrected chi connectivity index (χ2v) is 4.33. The number of benzene rings is 1. The maximum Gasteiger partial charge on any atom is 0.339 e. The maximum atomic E-state index is 11.4. The average molecular weight is 284 g/mol. The summed E-state index contributed by atoms with van der Waals surface area (Å²) < 4.78 is 12.0. The Hall–Kier alpha value is -1.72. The predicted octanol–water partition coefficient (Wildman–Crippen LogP) is 2.65. The van der Waals surface area contributed by atoms with Gasteiger partial charge in [0.2, 0.25) is 0 Å². The number of hydrogen-bond donors (Lipinski definition) is 1. The molecular formula is C13H14ClNO4. The number of carbonyl (C=O) groups is 1. The smallest absolute Gasteiger partial charge is 0.339 e. The van der Waals surface area contributed by atoms with Crippen LogP contribution in [0.2, 0.25) is 5.15 Å². The van der Waals surface area contributed by atoms with Gasteiger partial charge in [-0.2, -0.15) is 0 Å². The van der Waals surface area contributed by atoms with Crippen LogP contribution in [0.1, 0.15) is 10.4 Å². The van der Waals surface area contributed by atoms with Gasteiger partial charge in [0.25, 0.3) is 0 Å². The molecule has 1 heterocycles. The van der Waals surface area contributed by atoms with Crippen LogP contribution in [0.3, 0.4) is 0 Å². The Kier molecular flexibility index (Phi) is 3.97. The number of rotatable bonds is 5. The van der Waals surface area contributed by atoms with Crippen molar-refractivity contribution in [3.05, 3.63) is 28.9 Å². The number of halogens is 1. The zero-order valence-electron chi connectivity index (χ0n) is 10.6. The first kappa shape index (κ1) is 13.7. The summed E-state index contributed by atoms with van der Waals surface area (Å²) in [6.07, 6.45) is 0. The number of nitrogens with zero attached hydrogens (tertiary/aromatic N) is 1. The Balaban J connectivity index is 2.77. The van der Waals surface area contributed by atoms with Crippen LogP contribution in [0, 0.1) is 0 Å². The molecule has 2 rings (SSSR count). The third kappa shape index (κ3) is 2.27. The van der Waals surface area contributed by atoms with Gasteiger partial charge in [-0.3, -0.25) is 0 Å².